The Morgan fingerprint density at radius 1 is 1.00 bits per heavy atom. The third kappa shape index (κ3) is 15.4. The zero-order chi connectivity index (χ0) is 10.4. The molecule has 0 heterocycles. The summed E-state index contributed by atoms with van der Waals surface area (Å²) in [5, 5.41) is 24.7. The normalized spacial score (nSPS) is 9.75. The Hall–Kier alpha value is 1.37. The Balaban J connectivity index is -0.0000000480. The number of carboxylic acids is 3. The molecule has 0 rings (SSSR count). The van der Waals surface area contributed by atoms with E-state index in [0.29, 0.717) is 0 Å². The van der Waals surface area contributed by atoms with Gasteiger partial charge in [0, 0.05) is 0 Å². The van der Waals surface area contributed by atoms with E-state index in [0.717, 1.165) is 0 Å². The van der Waals surface area contributed by atoms with Gasteiger partial charge in [-0.05, 0) is 0 Å². The van der Waals surface area contributed by atoms with Crippen LogP contribution >= 0.6 is 0 Å². The van der Waals surface area contributed by atoms with E-state index in [9.17, 15) is 14.4 Å². The molecule has 0 aliphatic carbocycles. The fourth-order valence-corrected chi connectivity index (χ4v) is 0.548. The fourth-order valence-electron chi connectivity index (χ4n) is 0.548. The van der Waals surface area contributed by atoms with Crippen molar-refractivity contribution in [1.82, 2.24) is 0 Å². The Morgan fingerprint density at radius 3 is 1.69 bits per heavy atom. The molecule has 0 aromatic rings. The van der Waals surface area contributed by atoms with Gasteiger partial charge in [0.15, 0.2) is 6.10 Å². The molecule has 80 valence electrons. The largest absolute Gasteiger partial charge is 1.00 e. The van der Waals surface area contributed by atoms with Crippen LogP contribution in [0.15, 0.2) is 0 Å². The van der Waals surface area contributed by atoms with Gasteiger partial charge in [-0.25, -0.2) is 9.59 Å². The Labute approximate surface area is 162 Å². The summed E-state index contributed by atoms with van der Waals surface area (Å²) in [6.45, 7) is -0.829. The van der Waals surface area contributed by atoms with Crippen LogP contribution in [0.25, 0.3) is 0 Å². The van der Waals surface area contributed by atoms with Crippen molar-refractivity contribution in [3.8, 4) is 0 Å². The standard InChI is InChI=1S/C6H8O7.3Na.3H/c7-4(8)1-3(6(11)12)13-2-5(9)10;;;;;;/h3H,1-2H2,(H,7,8)(H,9,10)(H,11,12);;;;;;/q;3*+1;3*-1. The maximum absolute atomic E-state index is 10.3. The molecule has 0 aliphatic rings. The number of hydrogen-bond donors (Lipinski definition) is 3. The van der Waals surface area contributed by atoms with Crippen molar-refractivity contribution >= 4 is 17.9 Å². The molecule has 0 spiro atoms. The van der Waals surface area contributed by atoms with Crippen LogP contribution in [0.5, 0.6) is 0 Å². The van der Waals surface area contributed by atoms with Gasteiger partial charge < -0.3 is 24.3 Å². The van der Waals surface area contributed by atoms with Gasteiger partial charge in [-0.2, -0.15) is 0 Å². The maximum atomic E-state index is 10.3. The quantitative estimate of drug-likeness (QED) is 0.407. The molecular weight excluding hydrogens is 253 g/mol. The van der Waals surface area contributed by atoms with Gasteiger partial charge in [-0.1, -0.05) is 0 Å². The summed E-state index contributed by atoms with van der Waals surface area (Å²) in [6.07, 6.45) is -2.38. The smallest absolute Gasteiger partial charge is 1.00 e. The third-order valence-electron chi connectivity index (χ3n) is 1.04. The molecule has 0 aromatic heterocycles. The molecule has 0 amide bonds. The Bertz CT molecular complexity index is 244. The molecule has 0 bridgehead atoms. The molecule has 0 aromatic carbocycles. The third-order valence-corrected chi connectivity index (χ3v) is 1.04. The average molecular weight is 264 g/mol. The second kappa shape index (κ2) is 14.4. The van der Waals surface area contributed by atoms with Gasteiger partial charge in [0.05, 0.1) is 6.42 Å². The monoisotopic (exact) mass is 264 g/mol. The predicted octanol–water partition coefficient (Wildman–Crippen LogP) is -9.64. The molecule has 10 heteroatoms. The molecule has 1 atom stereocenters. The average Bonchev–Trinajstić information content (AvgIpc) is 1.96. The number of aliphatic carboxylic acids is 3. The summed E-state index contributed by atoms with van der Waals surface area (Å²) in [6, 6.07) is 0. The first-order chi connectivity index (χ1) is 5.93. The van der Waals surface area contributed by atoms with Crippen molar-refractivity contribution in [2.24, 2.45) is 0 Å². The van der Waals surface area contributed by atoms with Gasteiger partial charge in [0.1, 0.15) is 6.61 Å². The van der Waals surface area contributed by atoms with E-state index in [-0.39, 0.29) is 93.0 Å². The van der Waals surface area contributed by atoms with Crippen LogP contribution in [-0.2, 0) is 19.1 Å². The van der Waals surface area contributed by atoms with E-state index >= 15 is 0 Å². The first-order valence-corrected chi connectivity index (χ1v) is 3.21. The summed E-state index contributed by atoms with van der Waals surface area (Å²) in [4.78, 5) is 30.3. The molecule has 0 fully saturated rings. The Morgan fingerprint density at radius 2 is 1.44 bits per heavy atom. The van der Waals surface area contributed by atoms with Crippen molar-refractivity contribution in [3.63, 3.8) is 0 Å². The number of ether oxygens (including phenoxy) is 1. The first kappa shape index (κ1) is 26.0. The maximum Gasteiger partial charge on any atom is 1.00 e. The van der Waals surface area contributed by atoms with Crippen molar-refractivity contribution in [2.75, 3.05) is 6.61 Å². The van der Waals surface area contributed by atoms with Gasteiger partial charge in [0.25, 0.3) is 0 Å². The zero-order valence-corrected chi connectivity index (χ0v) is 15.5. The molecule has 7 nitrogen and oxygen atoms in total. The van der Waals surface area contributed by atoms with Crippen LogP contribution in [0.3, 0.4) is 0 Å². The zero-order valence-electron chi connectivity index (χ0n) is 12.5. The summed E-state index contributed by atoms with van der Waals surface area (Å²) in [5.74, 6) is -4.21. The molecular formula is C6H11Na3O7. The molecule has 1 unspecified atom stereocenters. The fraction of sp³-hybridized carbons (Fsp3) is 0.500. The van der Waals surface area contributed by atoms with Crippen molar-refractivity contribution in [1.29, 1.82) is 0 Å². The molecule has 0 saturated heterocycles. The summed E-state index contributed by atoms with van der Waals surface area (Å²) >= 11 is 0. The van der Waals surface area contributed by atoms with Crippen LogP contribution < -0.4 is 88.7 Å². The molecule has 16 heavy (non-hydrogen) atoms. The van der Waals surface area contributed by atoms with Crippen molar-refractivity contribution < 1.29 is 127 Å². The van der Waals surface area contributed by atoms with E-state index in [2.05, 4.69) is 4.74 Å². The second-order valence-corrected chi connectivity index (χ2v) is 2.13. The van der Waals surface area contributed by atoms with E-state index in [4.69, 9.17) is 15.3 Å². The summed E-state index contributed by atoms with van der Waals surface area (Å²) < 4.78 is 4.30. The van der Waals surface area contributed by atoms with E-state index < -0.39 is 37.0 Å². The summed E-state index contributed by atoms with van der Waals surface area (Å²) in [5.41, 5.74) is 0. The molecule has 0 radical (unpaired) electrons. The van der Waals surface area contributed by atoms with Crippen LogP contribution in [0.2, 0.25) is 0 Å². The molecule has 0 saturated carbocycles. The van der Waals surface area contributed by atoms with Crippen LogP contribution in [0, 0.1) is 0 Å². The van der Waals surface area contributed by atoms with Gasteiger partial charge in [-0.3, -0.25) is 4.79 Å². The Kier molecular flexibility index (Phi) is 23.5. The van der Waals surface area contributed by atoms with Crippen molar-refractivity contribution in [2.45, 2.75) is 12.5 Å². The van der Waals surface area contributed by atoms with Gasteiger partial charge in [-0.15, -0.1) is 0 Å². The first-order valence-electron chi connectivity index (χ1n) is 3.21. The number of rotatable bonds is 6. The minimum atomic E-state index is -1.62. The van der Waals surface area contributed by atoms with Crippen LogP contribution in [0.1, 0.15) is 10.7 Å². The van der Waals surface area contributed by atoms with Gasteiger partial charge in [0.2, 0.25) is 0 Å². The van der Waals surface area contributed by atoms with E-state index in [1.54, 1.807) is 0 Å². The van der Waals surface area contributed by atoms with Crippen molar-refractivity contribution in [3.05, 3.63) is 0 Å². The van der Waals surface area contributed by atoms with E-state index in [1.807, 2.05) is 0 Å². The summed E-state index contributed by atoms with van der Waals surface area (Å²) in [7, 11) is 0. The number of carbonyl (C=O) groups is 3. The van der Waals surface area contributed by atoms with E-state index in [1.165, 1.54) is 0 Å². The molecule has 3 N–H and O–H groups in total. The number of carboxylic acid groups (broad SMARTS) is 3. The predicted molar refractivity (Wildman–Crippen MR) is 40.6 cm³/mol. The minimum absolute atomic E-state index is 0. The second-order valence-electron chi connectivity index (χ2n) is 2.13. The van der Waals surface area contributed by atoms with Gasteiger partial charge >= 0.3 is 107 Å². The minimum Gasteiger partial charge on any atom is -1.00 e. The SMILES string of the molecule is O=C(O)COC(CC(=O)O)C(=O)O.[H-].[H-].[H-].[Na+].[Na+].[Na+]. The molecule has 0 aliphatic heterocycles. The van der Waals surface area contributed by atoms with Crippen LogP contribution in [-0.4, -0.2) is 45.9 Å². The number of hydrogen-bond acceptors (Lipinski definition) is 4. The van der Waals surface area contributed by atoms with Crippen LogP contribution in [0.4, 0.5) is 0 Å². The topological polar surface area (TPSA) is 121 Å².